The van der Waals surface area contributed by atoms with Crippen molar-refractivity contribution in [3.8, 4) is 0 Å². The van der Waals surface area contributed by atoms with Crippen molar-refractivity contribution in [3.05, 3.63) is 53.1 Å². The number of amides is 1. The highest BCUT2D eigenvalue weighted by atomic mass is 19.4. The molecular weight excluding hydrogens is 349 g/mol. The zero-order valence-electron chi connectivity index (χ0n) is 14.0. The summed E-state index contributed by atoms with van der Waals surface area (Å²) in [5.41, 5.74) is 1.91. The fraction of sp³-hybridized carbons (Fsp3) is 0.235. The summed E-state index contributed by atoms with van der Waals surface area (Å²) in [5.74, 6) is -0.464. The molecule has 3 rings (SSSR count). The third kappa shape index (κ3) is 3.76. The van der Waals surface area contributed by atoms with Gasteiger partial charge in [-0.2, -0.15) is 13.2 Å². The van der Waals surface area contributed by atoms with Crippen molar-refractivity contribution in [1.82, 2.24) is 15.2 Å². The number of carbonyl (C=O) groups is 1. The number of nitrogens with zero attached hydrogens (tertiary/aromatic N) is 3. The Hall–Kier alpha value is -3.10. The van der Waals surface area contributed by atoms with Crippen molar-refractivity contribution in [2.75, 3.05) is 11.9 Å². The molecule has 0 aliphatic carbocycles. The van der Waals surface area contributed by atoms with Crippen LogP contribution in [0.1, 0.15) is 16.7 Å². The van der Waals surface area contributed by atoms with Crippen LogP contribution in [0.2, 0.25) is 0 Å². The normalized spacial score (nSPS) is 11.6. The lowest BCUT2D eigenvalue weighted by Crippen LogP contribution is -2.26. The van der Waals surface area contributed by atoms with Gasteiger partial charge >= 0.3 is 6.18 Å². The van der Waals surface area contributed by atoms with Gasteiger partial charge in [-0.15, -0.1) is 5.10 Å². The number of rotatable bonds is 4. The van der Waals surface area contributed by atoms with E-state index in [9.17, 15) is 18.0 Å². The van der Waals surface area contributed by atoms with Crippen LogP contribution in [0.4, 0.5) is 18.9 Å². The Kier molecular flexibility index (Phi) is 4.54. The summed E-state index contributed by atoms with van der Waals surface area (Å²) in [6.45, 7) is 3.31. The van der Waals surface area contributed by atoms with Crippen LogP contribution in [0.5, 0.6) is 0 Å². The summed E-state index contributed by atoms with van der Waals surface area (Å²) >= 11 is 0. The lowest BCUT2D eigenvalue weighted by Gasteiger charge is -2.10. The fourth-order valence-electron chi connectivity index (χ4n) is 2.35. The number of hydrogen-bond acceptors (Lipinski definition) is 4. The Bertz CT molecular complexity index is 966. The highest BCUT2D eigenvalue weighted by molar-refractivity contribution is 5.92. The molecule has 1 N–H and O–H groups in total. The summed E-state index contributed by atoms with van der Waals surface area (Å²) in [5, 5.41) is 10.0. The van der Waals surface area contributed by atoms with Crippen molar-refractivity contribution < 1.29 is 22.8 Å². The number of nitrogens with one attached hydrogen (secondary N) is 1. The van der Waals surface area contributed by atoms with Gasteiger partial charge in [-0.05, 0) is 54.5 Å². The number of carbonyl (C=O) groups excluding carboxylic acids is 1. The monoisotopic (exact) mass is 364 g/mol. The van der Waals surface area contributed by atoms with Crippen LogP contribution < -0.4 is 10.2 Å². The van der Waals surface area contributed by atoms with Gasteiger partial charge in [0.25, 0.3) is 5.91 Å². The van der Waals surface area contributed by atoms with Gasteiger partial charge in [0.05, 0.1) is 5.56 Å². The molecule has 0 aliphatic rings. The second-order valence-electron chi connectivity index (χ2n) is 5.80. The average Bonchev–Trinajstić information content (AvgIpc) is 2.98. The third-order valence-electron chi connectivity index (χ3n) is 3.73. The molecule has 0 atom stereocenters. The Labute approximate surface area is 146 Å². The highest BCUT2D eigenvalue weighted by Gasteiger charge is 2.31. The van der Waals surface area contributed by atoms with Crippen LogP contribution in [-0.2, 0) is 11.0 Å². The summed E-state index contributed by atoms with van der Waals surface area (Å²) in [6.07, 6.45) is -4.50. The molecule has 2 aromatic carbocycles. The molecule has 9 heteroatoms. The van der Waals surface area contributed by atoms with Gasteiger partial charge in [-0.3, -0.25) is 4.79 Å². The van der Waals surface area contributed by atoms with Crippen LogP contribution in [-0.4, -0.2) is 27.7 Å². The van der Waals surface area contributed by atoms with Gasteiger partial charge in [-0.1, -0.05) is 17.0 Å². The molecule has 0 saturated heterocycles. The van der Waals surface area contributed by atoms with E-state index in [-0.39, 0.29) is 11.0 Å². The van der Waals surface area contributed by atoms with Gasteiger partial charge in [0.15, 0.2) is 6.61 Å². The summed E-state index contributed by atoms with van der Waals surface area (Å²) in [6, 6.07) is 8.58. The maximum atomic E-state index is 12.8. The Balaban J connectivity index is 1.73. The van der Waals surface area contributed by atoms with E-state index < -0.39 is 24.3 Å². The molecule has 6 nitrogen and oxygen atoms in total. The van der Waals surface area contributed by atoms with Crippen LogP contribution in [0.15, 0.2) is 36.4 Å². The minimum absolute atomic E-state index is 0.0272. The molecule has 26 heavy (non-hydrogen) atoms. The summed E-state index contributed by atoms with van der Waals surface area (Å²) in [4.78, 5) is 18.1. The van der Waals surface area contributed by atoms with Crippen LogP contribution >= 0.6 is 0 Å². The van der Waals surface area contributed by atoms with E-state index in [0.717, 1.165) is 28.1 Å². The minimum Gasteiger partial charge on any atom is -0.385 e. The van der Waals surface area contributed by atoms with Crippen LogP contribution in [0.3, 0.4) is 0 Å². The van der Waals surface area contributed by atoms with E-state index in [4.69, 9.17) is 4.84 Å². The molecule has 3 aromatic rings. The zero-order valence-corrected chi connectivity index (χ0v) is 14.0. The fourth-order valence-corrected chi connectivity index (χ4v) is 2.35. The van der Waals surface area contributed by atoms with Gasteiger partial charge in [-0.25, -0.2) is 0 Å². The summed E-state index contributed by atoms with van der Waals surface area (Å²) < 4.78 is 38.5. The van der Waals surface area contributed by atoms with Crippen molar-refractivity contribution >= 4 is 22.6 Å². The molecule has 0 saturated carbocycles. The second kappa shape index (κ2) is 6.66. The molecule has 1 heterocycles. The number of aromatic nitrogens is 3. The van der Waals surface area contributed by atoms with Gasteiger partial charge < -0.3 is 10.2 Å². The topological polar surface area (TPSA) is 69.0 Å². The standard InChI is InChI=1S/C17H15F3N4O2/c1-10-3-4-11(2)14(7-10)21-16(25)9-26-24-15-8-12(17(18,19)20)5-6-13(15)22-23-24/h3-8H,9H2,1-2H3,(H,21,25). The predicted octanol–water partition coefficient (Wildman–Crippen LogP) is 3.13. The maximum Gasteiger partial charge on any atom is 0.416 e. The van der Waals surface area contributed by atoms with Crippen LogP contribution in [0.25, 0.3) is 11.0 Å². The predicted molar refractivity (Wildman–Crippen MR) is 88.5 cm³/mol. The van der Waals surface area contributed by atoms with Crippen molar-refractivity contribution in [1.29, 1.82) is 0 Å². The number of halogens is 3. The van der Waals surface area contributed by atoms with E-state index in [1.807, 2.05) is 32.0 Å². The first-order chi connectivity index (χ1) is 12.2. The SMILES string of the molecule is Cc1ccc(C)c(NC(=O)COn2nnc3ccc(C(F)(F)F)cc32)c1. The van der Waals surface area contributed by atoms with E-state index in [0.29, 0.717) is 5.69 Å². The first-order valence-electron chi connectivity index (χ1n) is 7.67. The molecule has 0 radical (unpaired) electrons. The lowest BCUT2D eigenvalue weighted by atomic mass is 10.1. The Morgan fingerprint density at radius 3 is 2.69 bits per heavy atom. The van der Waals surface area contributed by atoms with Crippen LogP contribution in [0, 0.1) is 13.8 Å². The van der Waals surface area contributed by atoms with Crippen molar-refractivity contribution in [2.45, 2.75) is 20.0 Å². The van der Waals surface area contributed by atoms with E-state index in [1.54, 1.807) is 0 Å². The Morgan fingerprint density at radius 2 is 1.96 bits per heavy atom. The molecule has 0 spiro atoms. The van der Waals surface area contributed by atoms with E-state index >= 15 is 0 Å². The molecule has 136 valence electrons. The first-order valence-corrected chi connectivity index (χ1v) is 7.67. The highest BCUT2D eigenvalue weighted by Crippen LogP contribution is 2.30. The molecule has 0 fully saturated rings. The smallest absolute Gasteiger partial charge is 0.385 e. The molecular formula is C17H15F3N4O2. The van der Waals surface area contributed by atoms with Gasteiger partial charge in [0, 0.05) is 5.69 Å². The second-order valence-corrected chi connectivity index (χ2v) is 5.80. The van der Waals surface area contributed by atoms with E-state index in [1.165, 1.54) is 6.07 Å². The zero-order chi connectivity index (χ0) is 18.9. The number of aryl methyl sites for hydroxylation is 2. The number of anilines is 1. The maximum absolute atomic E-state index is 12.8. The molecule has 0 aliphatic heterocycles. The van der Waals surface area contributed by atoms with Crippen molar-refractivity contribution in [2.24, 2.45) is 0 Å². The third-order valence-corrected chi connectivity index (χ3v) is 3.73. The molecule has 0 bridgehead atoms. The number of fused-ring (bicyclic) bond motifs is 1. The van der Waals surface area contributed by atoms with Gasteiger partial charge in [0.1, 0.15) is 11.0 Å². The van der Waals surface area contributed by atoms with Gasteiger partial charge in [0.2, 0.25) is 0 Å². The minimum atomic E-state index is -4.50. The quantitative estimate of drug-likeness (QED) is 0.772. The number of alkyl halides is 3. The molecule has 1 amide bonds. The number of hydrogen-bond donors (Lipinski definition) is 1. The Morgan fingerprint density at radius 1 is 1.19 bits per heavy atom. The first kappa shape index (κ1) is 17.7. The number of benzene rings is 2. The average molecular weight is 364 g/mol. The lowest BCUT2D eigenvalue weighted by molar-refractivity contribution is -0.137. The summed E-state index contributed by atoms with van der Waals surface area (Å²) in [7, 11) is 0. The molecule has 0 unspecified atom stereocenters. The molecule has 1 aromatic heterocycles. The van der Waals surface area contributed by atoms with Crippen molar-refractivity contribution in [3.63, 3.8) is 0 Å². The largest absolute Gasteiger partial charge is 0.416 e. The van der Waals surface area contributed by atoms with E-state index in [2.05, 4.69) is 15.6 Å².